The number of amides is 1. The number of hydrogen-bond acceptors (Lipinski definition) is 6. The van der Waals surface area contributed by atoms with Crippen LogP contribution >= 0.6 is 0 Å². The standard InChI is InChI=1S/C20H16N6O4/c1-13-10-18(25(23-13)14-6-8-15(9-7-14)26(29)30)22-19(27)11-24-12-21-17-5-3-2-4-16(17)20(24)28/h2-10,12H,11H2,1H3,(H,22,27). The first-order valence-electron chi connectivity index (χ1n) is 8.98. The van der Waals surface area contributed by atoms with Gasteiger partial charge in [-0.15, -0.1) is 0 Å². The maximum atomic E-state index is 12.6. The molecule has 150 valence electrons. The number of non-ortho nitro benzene ring substituents is 1. The summed E-state index contributed by atoms with van der Waals surface area (Å²) in [7, 11) is 0. The van der Waals surface area contributed by atoms with Crippen molar-refractivity contribution in [2.45, 2.75) is 13.5 Å². The lowest BCUT2D eigenvalue weighted by molar-refractivity contribution is -0.384. The Labute approximate surface area is 169 Å². The molecule has 0 aliphatic rings. The molecule has 0 saturated heterocycles. The van der Waals surface area contributed by atoms with Crippen LogP contribution in [0.3, 0.4) is 0 Å². The molecule has 30 heavy (non-hydrogen) atoms. The maximum absolute atomic E-state index is 12.6. The van der Waals surface area contributed by atoms with E-state index in [4.69, 9.17) is 0 Å². The zero-order valence-electron chi connectivity index (χ0n) is 15.8. The summed E-state index contributed by atoms with van der Waals surface area (Å²) in [4.78, 5) is 39.7. The molecule has 4 aromatic rings. The number of carbonyl (C=O) groups excluding carboxylic acids is 1. The third-order valence-electron chi connectivity index (χ3n) is 4.45. The average molecular weight is 404 g/mol. The molecule has 2 aromatic carbocycles. The fraction of sp³-hybridized carbons (Fsp3) is 0.100. The molecular formula is C20H16N6O4. The van der Waals surface area contributed by atoms with Gasteiger partial charge in [0, 0.05) is 18.2 Å². The van der Waals surface area contributed by atoms with Gasteiger partial charge in [-0.05, 0) is 31.2 Å². The van der Waals surface area contributed by atoms with E-state index in [0.29, 0.717) is 28.1 Å². The molecule has 4 rings (SSSR count). The quantitative estimate of drug-likeness (QED) is 0.402. The zero-order chi connectivity index (χ0) is 21.3. The first kappa shape index (κ1) is 19.0. The van der Waals surface area contributed by atoms with Gasteiger partial charge >= 0.3 is 0 Å². The molecule has 2 aromatic heterocycles. The number of para-hydroxylation sites is 1. The van der Waals surface area contributed by atoms with Crippen LogP contribution in [0.1, 0.15) is 5.69 Å². The Bertz CT molecular complexity index is 1320. The highest BCUT2D eigenvalue weighted by atomic mass is 16.6. The van der Waals surface area contributed by atoms with Crippen LogP contribution in [0.5, 0.6) is 0 Å². The van der Waals surface area contributed by atoms with Gasteiger partial charge < -0.3 is 5.32 Å². The second kappa shape index (κ2) is 7.59. The highest BCUT2D eigenvalue weighted by Crippen LogP contribution is 2.20. The largest absolute Gasteiger partial charge is 0.309 e. The topological polar surface area (TPSA) is 125 Å². The van der Waals surface area contributed by atoms with E-state index in [1.807, 2.05) is 0 Å². The molecule has 0 spiro atoms. The zero-order valence-corrected chi connectivity index (χ0v) is 15.8. The third kappa shape index (κ3) is 3.65. The van der Waals surface area contributed by atoms with Crippen LogP contribution in [0.15, 0.2) is 65.7 Å². The van der Waals surface area contributed by atoms with E-state index in [2.05, 4.69) is 15.4 Å². The average Bonchev–Trinajstić information content (AvgIpc) is 3.10. The number of nitrogens with zero attached hydrogens (tertiary/aromatic N) is 5. The van der Waals surface area contributed by atoms with Gasteiger partial charge in [0.25, 0.3) is 11.2 Å². The Hall–Kier alpha value is -4.34. The van der Waals surface area contributed by atoms with E-state index in [9.17, 15) is 19.7 Å². The number of aromatic nitrogens is 4. The summed E-state index contributed by atoms with van der Waals surface area (Å²) in [6.45, 7) is 1.54. The summed E-state index contributed by atoms with van der Waals surface area (Å²) in [5.74, 6) is -0.0506. The van der Waals surface area contributed by atoms with E-state index >= 15 is 0 Å². The SMILES string of the molecule is Cc1cc(NC(=O)Cn2cnc3ccccc3c2=O)n(-c2ccc([N+](=O)[O-])cc2)n1. The third-order valence-corrected chi connectivity index (χ3v) is 4.45. The Kier molecular flexibility index (Phi) is 4.80. The first-order chi connectivity index (χ1) is 14.4. The Morgan fingerprint density at radius 3 is 2.63 bits per heavy atom. The molecular weight excluding hydrogens is 388 g/mol. The van der Waals surface area contributed by atoms with Gasteiger partial charge in [-0.3, -0.25) is 24.3 Å². The lowest BCUT2D eigenvalue weighted by Crippen LogP contribution is -2.28. The number of nitro groups is 1. The molecule has 1 amide bonds. The predicted molar refractivity (Wildman–Crippen MR) is 110 cm³/mol. The lowest BCUT2D eigenvalue weighted by Gasteiger charge is -2.10. The van der Waals surface area contributed by atoms with E-state index < -0.39 is 10.8 Å². The van der Waals surface area contributed by atoms with Crippen LogP contribution in [-0.4, -0.2) is 30.2 Å². The number of carbonyl (C=O) groups is 1. The van der Waals surface area contributed by atoms with E-state index in [-0.39, 0.29) is 17.8 Å². The fourth-order valence-corrected chi connectivity index (χ4v) is 3.06. The van der Waals surface area contributed by atoms with Gasteiger partial charge in [0.05, 0.1) is 33.5 Å². The minimum absolute atomic E-state index is 0.0450. The number of rotatable bonds is 5. The van der Waals surface area contributed by atoms with Crippen molar-refractivity contribution in [1.29, 1.82) is 0 Å². The number of nitrogens with one attached hydrogen (secondary N) is 1. The van der Waals surface area contributed by atoms with Crippen molar-refractivity contribution in [1.82, 2.24) is 19.3 Å². The van der Waals surface area contributed by atoms with Crippen molar-refractivity contribution in [2.24, 2.45) is 0 Å². The summed E-state index contributed by atoms with van der Waals surface area (Å²) < 4.78 is 2.70. The Morgan fingerprint density at radius 2 is 1.90 bits per heavy atom. The summed E-state index contributed by atoms with van der Waals surface area (Å²) >= 11 is 0. The molecule has 2 heterocycles. The lowest BCUT2D eigenvalue weighted by atomic mass is 10.2. The normalized spacial score (nSPS) is 10.8. The van der Waals surface area contributed by atoms with Crippen LogP contribution in [0, 0.1) is 17.0 Å². The van der Waals surface area contributed by atoms with Crippen molar-refractivity contribution in [2.75, 3.05) is 5.32 Å². The summed E-state index contributed by atoms with van der Waals surface area (Å²) in [5, 5.41) is 18.3. The molecule has 0 aliphatic carbocycles. The highest BCUT2D eigenvalue weighted by molar-refractivity contribution is 5.90. The Balaban J connectivity index is 1.58. The van der Waals surface area contributed by atoms with Crippen LogP contribution < -0.4 is 10.9 Å². The Morgan fingerprint density at radius 1 is 1.17 bits per heavy atom. The van der Waals surface area contributed by atoms with Crippen LogP contribution in [0.2, 0.25) is 0 Å². The van der Waals surface area contributed by atoms with Crippen LogP contribution in [0.25, 0.3) is 16.6 Å². The van der Waals surface area contributed by atoms with Crippen molar-refractivity contribution >= 4 is 28.3 Å². The first-order valence-corrected chi connectivity index (χ1v) is 8.98. The number of fused-ring (bicyclic) bond motifs is 1. The highest BCUT2D eigenvalue weighted by Gasteiger charge is 2.14. The van der Waals surface area contributed by atoms with Crippen molar-refractivity contribution < 1.29 is 9.72 Å². The summed E-state index contributed by atoms with van der Waals surface area (Å²) in [6, 6.07) is 14.4. The second-order valence-corrected chi connectivity index (χ2v) is 6.60. The molecule has 1 N–H and O–H groups in total. The predicted octanol–water partition coefficient (Wildman–Crippen LogP) is 2.44. The van der Waals surface area contributed by atoms with Gasteiger partial charge in [-0.25, -0.2) is 9.67 Å². The molecule has 0 saturated carbocycles. The molecule has 0 aliphatic heterocycles. The van der Waals surface area contributed by atoms with Gasteiger partial charge in [0.15, 0.2) is 0 Å². The van der Waals surface area contributed by atoms with Crippen LogP contribution in [-0.2, 0) is 11.3 Å². The molecule has 0 bridgehead atoms. The summed E-state index contributed by atoms with van der Waals surface area (Å²) in [6.07, 6.45) is 1.34. The van der Waals surface area contributed by atoms with Crippen molar-refractivity contribution in [3.8, 4) is 5.69 Å². The van der Waals surface area contributed by atoms with Gasteiger partial charge in [0.1, 0.15) is 12.4 Å². The number of benzene rings is 2. The molecule has 0 atom stereocenters. The smallest absolute Gasteiger partial charge is 0.269 e. The molecule has 10 nitrogen and oxygen atoms in total. The summed E-state index contributed by atoms with van der Waals surface area (Å²) in [5.41, 5.74) is 1.40. The van der Waals surface area contributed by atoms with Crippen LogP contribution in [0.4, 0.5) is 11.5 Å². The number of nitro benzene ring substituents is 1. The number of anilines is 1. The van der Waals surface area contributed by atoms with E-state index in [1.165, 1.54) is 39.8 Å². The monoisotopic (exact) mass is 404 g/mol. The maximum Gasteiger partial charge on any atom is 0.269 e. The molecule has 0 radical (unpaired) electrons. The number of hydrogen-bond donors (Lipinski definition) is 1. The second-order valence-electron chi connectivity index (χ2n) is 6.60. The number of aryl methyl sites for hydroxylation is 1. The van der Waals surface area contributed by atoms with E-state index in [1.54, 1.807) is 37.3 Å². The van der Waals surface area contributed by atoms with Gasteiger partial charge in [-0.1, -0.05) is 12.1 Å². The van der Waals surface area contributed by atoms with Gasteiger partial charge in [0.2, 0.25) is 5.91 Å². The fourth-order valence-electron chi connectivity index (χ4n) is 3.06. The molecule has 0 unspecified atom stereocenters. The minimum atomic E-state index is -0.490. The van der Waals surface area contributed by atoms with Gasteiger partial charge in [-0.2, -0.15) is 5.10 Å². The van der Waals surface area contributed by atoms with Crippen molar-refractivity contribution in [3.63, 3.8) is 0 Å². The van der Waals surface area contributed by atoms with E-state index in [0.717, 1.165) is 0 Å². The molecule has 10 heteroatoms. The van der Waals surface area contributed by atoms with Crippen molar-refractivity contribution in [3.05, 3.63) is 87.1 Å². The molecule has 0 fully saturated rings. The minimum Gasteiger partial charge on any atom is -0.309 e.